The Morgan fingerprint density at radius 2 is 1.88 bits per heavy atom. The molecule has 1 aromatic heterocycles. The maximum absolute atomic E-state index is 12.1. The molecule has 4 heteroatoms. The minimum Gasteiger partial charge on any atom is -0.313 e. The Labute approximate surface area is 102 Å². The van der Waals surface area contributed by atoms with Crippen molar-refractivity contribution in [3.63, 3.8) is 0 Å². The predicted molar refractivity (Wildman–Crippen MR) is 67.9 cm³/mol. The highest BCUT2D eigenvalue weighted by Crippen LogP contribution is 2.34. The molecule has 0 amide bonds. The van der Waals surface area contributed by atoms with E-state index in [1.165, 1.54) is 0 Å². The summed E-state index contributed by atoms with van der Waals surface area (Å²) in [4.78, 5) is 12.1. The average Bonchev–Trinajstić information content (AvgIpc) is 2.75. The Hall–Kier alpha value is -1.16. The average molecular weight is 253 g/mol. The predicted octanol–water partition coefficient (Wildman–Crippen LogP) is 3.43. The van der Waals surface area contributed by atoms with E-state index < -0.39 is 16.5 Å². The maximum atomic E-state index is 12.1. The number of benzene rings is 1. The zero-order valence-corrected chi connectivity index (χ0v) is 10.0. The van der Waals surface area contributed by atoms with E-state index in [4.69, 9.17) is 17.3 Å². The molecule has 0 saturated heterocycles. The van der Waals surface area contributed by atoms with Gasteiger partial charge in [0.25, 0.3) is 0 Å². The fourth-order valence-corrected chi connectivity index (χ4v) is 3.21. The lowest BCUT2D eigenvalue weighted by molar-refractivity contribution is 0.101. The van der Waals surface area contributed by atoms with Gasteiger partial charge < -0.3 is 5.73 Å². The third-order valence-electron chi connectivity index (χ3n) is 2.28. The molecule has 0 fully saturated rings. The van der Waals surface area contributed by atoms with Gasteiger partial charge in [0.05, 0.1) is 10.5 Å². The van der Waals surface area contributed by atoms with Crippen LogP contribution in [0.5, 0.6) is 0 Å². The molecule has 16 heavy (non-hydrogen) atoms. The van der Waals surface area contributed by atoms with Crippen molar-refractivity contribution in [1.82, 2.24) is 0 Å². The third kappa shape index (κ3) is 2.16. The molecule has 2 nitrogen and oxygen atoms in total. The van der Waals surface area contributed by atoms with Gasteiger partial charge in [0.15, 0.2) is 0 Å². The highest BCUT2D eigenvalue weighted by molar-refractivity contribution is 7.52. The van der Waals surface area contributed by atoms with Crippen LogP contribution in [-0.4, -0.2) is 5.12 Å². The summed E-state index contributed by atoms with van der Waals surface area (Å²) >= 11 is 5.94. The van der Waals surface area contributed by atoms with Crippen molar-refractivity contribution < 1.29 is 4.79 Å². The molecule has 0 radical (unpaired) electrons. The Kier molecular flexibility index (Phi) is 3.39. The van der Waals surface area contributed by atoms with Gasteiger partial charge in [-0.05, 0) is 23.2 Å². The number of rotatable bonds is 3. The maximum Gasteiger partial charge on any atom is 0.377 e. The molecular weight excluding hydrogens is 242 g/mol. The molecule has 2 rings (SSSR count). The molecule has 1 aromatic carbocycles. The molecule has 2 atom stereocenters. The van der Waals surface area contributed by atoms with E-state index in [0.717, 1.165) is 5.56 Å². The van der Waals surface area contributed by atoms with Crippen molar-refractivity contribution in [2.75, 3.05) is 0 Å². The molecule has 2 N–H and O–H groups in total. The minimum atomic E-state index is -0.665. The Morgan fingerprint density at radius 3 is 2.44 bits per heavy atom. The molecule has 0 bridgehead atoms. The number of halogens is 1. The minimum absolute atomic E-state index is 0.0406. The number of carbonyl (C=O) groups excluding carboxylic acids is 1. The standard InChI is InChI=1S/C12H11ClNOS/c13-10-7-4-8-16(10)12(15)11(14)9-5-2-1-3-6-9/h1-8,11H,14H2/q+1. The topological polar surface area (TPSA) is 43.1 Å². The van der Waals surface area contributed by atoms with E-state index in [-0.39, 0.29) is 5.12 Å². The van der Waals surface area contributed by atoms with Crippen LogP contribution in [0.1, 0.15) is 16.4 Å². The smallest absolute Gasteiger partial charge is 0.313 e. The number of carbonyl (C=O) groups is 1. The van der Waals surface area contributed by atoms with Crippen LogP contribution in [0.4, 0.5) is 0 Å². The molecule has 2 unspecified atom stereocenters. The highest BCUT2D eigenvalue weighted by atomic mass is 35.5. The summed E-state index contributed by atoms with van der Waals surface area (Å²) in [6.45, 7) is 0. The molecule has 0 saturated carbocycles. The molecule has 1 heterocycles. The van der Waals surface area contributed by atoms with E-state index >= 15 is 0 Å². The Balaban J connectivity index is 2.27. The van der Waals surface area contributed by atoms with Crippen LogP contribution >= 0.6 is 22.1 Å². The molecule has 0 aliphatic rings. The van der Waals surface area contributed by atoms with Crippen LogP contribution in [0.15, 0.2) is 47.8 Å². The summed E-state index contributed by atoms with van der Waals surface area (Å²) in [6.07, 6.45) is 0. The van der Waals surface area contributed by atoms with Gasteiger partial charge in [-0.3, -0.25) is 0 Å². The van der Waals surface area contributed by atoms with Crippen molar-refractivity contribution in [1.29, 1.82) is 0 Å². The summed E-state index contributed by atoms with van der Waals surface area (Å²) < 4.78 is 0.566. The zero-order chi connectivity index (χ0) is 11.5. The second-order valence-corrected chi connectivity index (χ2v) is 5.77. The van der Waals surface area contributed by atoms with Gasteiger partial charge in [-0.25, -0.2) is 4.79 Å². The Morgan fingerprint density at radius 1 is 1.19 bits per heavy atom. The first-order valence-corrected chi connectivity index (χ1v) is 6.48. The van der Waals surface area contributed by atoms with Gasteiger partial charge in [-0.1, -0.05) is 30.3 Å². The van der Waals surface area contributed by atoms with E-state index in [1.807, 2.05) is 30.3 Å². The summed E-state index contributed by atoms with van der Waals surface area (Å²) in [5, 5.41) is 1.76. The van der Waals surface area contributed by atoms with Crippen LogP contribution in [0, 0.1) is 0 Å². The molecular formula is C12H11ClNOS+. The number of hydrogen-bond acceptors (Lipinski definition) is 2. The Bertz CT molecular complexity index is 495. The summed E-state index contributed by atoms with van der Waals surface area (Å²) in [5.74, 6) is 0. The van der Waals surface area contributed by atoms with Gasteiger partial charge in [-0.15, -0.1) is 0 Å². The third-order valence-corrected chi connectivity index (χ3v) is 4.58. The van der Waals surface area contributed by atoms with Crippen LogP contribution in [-0.2, 0) is 0 Å². The van der Waals surface area contributed by atoms with E-state index in [1.54, 1.807) is 17.5 Å². The summed E-state index contributed by atoms with van der Waals surface area (Å²) in [5.41, 5.74) is 6.74. The molecule has 0 aliphatic heterocycles. The van der Waals surface area contributed by atoms with Gasteiger partial charge in [-0.2, -0.15) is 0 Å². The van der Waals surface area contributed by atoms with Crippen LogP contribution in [0.3, 0.4) is 0 Å². The quantitative estimate of drug-likeness (QED) is 0.851. The van der Waals surface area contributed by atoms with Crippen molar-refractivity contribution in [3.05, 3.63) is 57.7 Å². The van der Waals surface area contributed by atoms with Gasteiger partial charge in [0.1, 0.15) is 11.4 Å². The zero-order valence-electron chi connectivity index (χ0n) is 8.47. The monoisotopic (exact) mass is 252 g/mol. The number of hydrogen-bond donors (Lipinski definition) is 1. The van der Waals surface area contributed by atoms with E-state index in [2.05, 4.69) is 0 Å². The van der Waals surface area contributed by atoms with Crippen molar-refractivity contribution in [2.45, 2.75) is 6.04 Å². The molecule has 0 spiro atoms. The summed E-state index contributed by atoms with van der Waals surface area (Å²) in [6, 6.07) is 12.3. The lowest BCUT2D eigenvalue weighted by Crippen LogP contribution is -2.18. The number of thiophene rings is 1. The van der Waals surface area contributed by atoms with Crippen molar-refractivity contribution in [2.24, 2.45) is 5.73 Å². The summed E-state index contributed by atoms with van der Waals surface area (Å²) in [7, 11) is -0.665. The molecule has 82 valence electrons. The van der Waals surface area contributed by atoms with Crippen LogP contribution in [0.2, 0.25) is 4.34 Å². The highest BCUT2D eigenvalue weighted by Gasteiger charge is 2.29. The van der Waals surface area contributed by atoms with Crippen LogP contribution in [0.25, 0.3) is 0 Å². The normalized spacial score (nSPS) is 13.5. The SMILES string of the molecule is NC(C(=O)[s+]1cccc1Cl)c1ccccc1. The lowest BCUT2D eigenvalue weighted by atomic mass is 10.1. The van der Waals surface area contributed by atoms with Crippen molar-refractivity contribution in [3.8, 4) is 0 Å². The largest absolute Gasteiger partial charge is 0.377 e. The van der Waals surface area contributed by atoms with Crippen LogP contribution < -0.4 is 5.73 Å². The molecule has 0 aliphatic carbocycles. The first-order valence-electron chi connectivity index (χ1n) is 4.81. The molecule has 2 aromatic rings. The second-order valence-electron chi connectivity index (χ2n) is 3.34. The van der Waals surface area contributed by atoms with E-state index in [9.17, 15) is 4.79 Å². The fourth-order valence-electron chi connectivity index (χ4n) is 1.43. The number of nitrogens with two attached hydrogens (primary N) is 1. The lowest BCUT2D eigenvalue weighted by Gasteiger charge is -2.04. The van der Waals surface area contributed by atoms with Gasteiger partial charge in [0.2, 0.25) is 4.34 Å². The van der Waals surface area contributed by atoms with Gasteiger partial charge >= 0.3 is 5.12 Å². The van der Waals surface area contributed by atoms with Crippen molar-refractivity contribution >= 4 is 27.2 Å². The first-order chi connectivity index (χ1) is 7.70. The second kappa shape index (κ2) is 4.78. The van der Waals surface area contributed by atoms with E-state index in [0.29, 0.717) is 4.34 Å². The van der Waals surface area contributed by atoms with Gasteiger partial charge in [0, 0.05) is 6.07 Å². The fraction of sp³-hybridized carbons (Fsp3) is 0.0833. The first kappa shape index (κ1) is 11.3.